The van der Waals surface area contributed by atoms with Gasteiger partial charge >= 0.3 is 5.69 Å². The van der Waals surface area contributed by atoms with Crippen molar-refractivity contribution in [2.45, 2.75) is 13.8 Å². The van der Waals surface area contributed by atoms with Crippen molar-refractivity contribution in [2.24, 2.45) is 0 Å². The second kappa shape index (κ2) is 7.49. The van der Waals surface area contributed by atoms with Crippen molar-refractivity contribution in [3.8, 4) is 0 Å². The number of nitro groups is 1. The van der Waals surface area contributed by atoms with E-state index in [2.05, 4.69) is 36.5 Å². The summed E-state index contributed by atoms with van der Waals surface area (Å²) in [5.74, 6) is 0.262. The Hall–Kier alpha value is -3.00. The Kier molecular flexibility index (Phi) is 5.13. The molecule has 2 aromatic carbocycles. The molecule has 0 aliphatic rings. The maximum Gasteiger partial charge on any atom is 0.353 e. The van der Waals surface area contributed by atoms with E-state index in [1.165, 1.54) is 6.33 Å². The Morgan fingerprint density at radius 1 is 1.00 bits per heavy atom. The number of hydrogen-bond acceptors (Lipinski definition) is 6. The molecule has 0 saturated heterocycles. The maximum atomic E-state index is 11.7. The molecule has 7 nitrogen and oxygen atoms in total. The molecule has 1 heterocycles. The summed E-state index contributed by atoms with van der Waals surface area (Å²) >= 11 is 3.36. The third-order valence-corrected chi connectivity index (χ3v) is 4.50. The van der Waals surface area contributed by atoms with Gasteiger partial charge < -0.3 is 10.6 Å². The van der Waals surface area contributed by atoms with Crippen LogP contribution >= 0.6 is 15.9 Å². The zero-order valence-corrected chi connectivity index (χ0v) is 15.7. The van der Waals surface area contributed by atoms with Gasteiger partial charge in [-0.15, -0.1) is 0 Å². The molecule has 2 N–H and O–H groups in total. The lowest BCUT2D eigenvalue weighted by molar-refractivity contribution is -0.383. The molecular weight excluding hydrogens is 398 g/mol. The third kappa shape index (κ3) is 3.80. The average molecular weight is 414 g/mol. The number of anilines is 4. The lowest BCUT2D eigenvalue weighted by Gasteiger charge is -2.12. The summed E-state index contributed by atoms with van der Waals surface area (Å²) in [6, 6.07) is 13.0. The number of benzene rings is 2. The van der Waals surface area contributed by atoms with E-state index in [0.717, 1.165) is 21.3 Å². The van der Waals surface area contributed by atoms with Gasteiger partial charge in [-0.25, -0.2) is 9.97 Å². The molecule has 0 aliphatic heterocycles. The lowest BCUT2D eigenvalue weighted by atomic mass is 10.1. The minimum Gasteiger partial charge on any atom is -0.334 e. The topological polar surface area (TPSA) is 93.0 Å². The number of nitrogens with one attached hydrogen (secondary N) is 2. The zero-order chi connectivity index (χ0) is 18.7. The second-order valence-electron chi connectivity index (χ2n) is 5.68. The number of aryl methyl sites for hydroxylation is 1. The Morgan fingerprint density at radius 2 is 1.65 bits per heavy atom. The summed E-state index contributed by atoms with van der Waals surface area (Å²) < 4.78 is 0.914. The van der Waals surface area contributed by atoms with Crippen LogP contribution in [0.4, 0.5) is 28.7 Å². The molecule has 0 fully saturated rings. The zero-order valence-electron chi connectivity index (χ0n) is 14.2. The highest BCUT2D eigenvalue weighted by atomic mass is 79.9. The minimum atomic E-state index is -0.491. The molecule has 0 saturated carbocycles. The van der Waals surface area contributed by atoms with Gasteiger partial charge in [0.2, 0.25) is 11.6 Å². The van der Waals surface area contributed by atoms with Crippen LogP contribution in [0.5, 0.6) is 0 Å². The van der Waals surface area contributed by atoms with Crippen molar-refractivity contribution in [3.05, 3.63) is 74.5 Å². The van der Waals surface area contributed by atoms with Gasteiger partial charge in [-0.3, -0.25) is 10.1 Å². The Bertz CT molecular complexity index is 960. The molecule has 0 amide bonds. The first kappa shape index (κ1) is 17.8. The van der Waals surface area contributed by atoms with E-state index in [4.69, 9.17) is 0 Å². The van der Waals surface area contributed by atoms with E-state index in [1.54, 1.807) is 12.1 Å². The van der Waals surface area contributed by atoms with Crippen molar-refractivity contribution in [1.29, 1.82) is 0 Å². The quantitative estimate of drug-likeness (QED) is 0.438. The van der Waals surface area contributed by atoms with Crippen LogP contribution in [0.15, 0.2) is 53.3 Å². The maximum absolute atomic E-state index is 11.7. The molecule has 0 bridgehead atoms. The number of hydrogen-bond donors (Lipinski definition) is 2. The predicted octanol–water partition coefficient (Wildman–Crippen LogP) is 5.25. The van der Waals surface area contributed by atoms with Crippen LogP contribution in [-0.4, -0.2) is 14.9 Å². The third-order valence-electron chi connectivity index (χ3n) is 3.97. The van der Waals surface area contributed by atoms with Gasteiger partial charge in [0.25, 0.3) is 0 Å². The summed E-state index contributed by atoms with van der Waals surface area (Å²) in [5.41, 5.74) is 3.33. The average Bonchev–Trinajstić information content (AvgIpc) is 2.61. The second-order valence-corrected chi connectivity index (χ2v) is 6.60. The van der Waals surface area contributed by atoms with Crippen LogP contribution in [0.1, 0.15) is 11.1 Å². The van der Waals surface area contributed by atoms with Gasteiger partial charge in [0.05, 0.1) is 4.92 Å². The first-order chi connectivity index (χ1) is 12.5. The lowest BCUT2D eigenvalue weighted by Crippen LogP contribution is -2.06. The summed E-state index contributed by atoms with van der Waals surface area (Å²) in [6.07, 6.45) is 1.29. The Labute approximate surface area is 158 Å². The molecule has 26 heavy (non-hydrogen) atoms. The highest BCUT2D eigenvalue weighted by molar-refractivity contribution is 9.10. The highest BCUT2D eigenvalue weighted by Gasteiger charge is 2.23. The molecule has 3 rings (SSSR count). The first-order valence-electron chi connectivity index (χ1n) is 7.81. The van der Waals surface area contributed by atoms with Crippen LogP contribution in [0.25, 0.3) is 0 Å². The highest BCUT2D eigenvalue weighted by Crippen LogP contribution is 2.34. The van der Waals surface area contributed by atoms with Crippen LogP contribution in [0.2, 0.25) is 0 Å². The van der Waals surface area contributed by atoms with Crippen LogP contribution in [0, 0.1) is 24.0 Å². The number of aromatic nitrogens is 2. The van der Waals surface area contributed by atoms with Crippen LogP contribution in [0.3, 0.4) is 0 Å². The van der Waals surface area contributed by atoms with Gasteiger partial charge in [-0.05, 0) is 55.3 Å². The van der Waals surface area contributed by atoms with E-state index in [9.17, 15) is 10.1 Å². The minimum absolute atomic E-state index is 0.125. The van der Waals surface area contributed by atoms with Crippen molar-refractivity contribution in [3.63, 3.8) is 0 Å². The number of rotatable bonds is 5. The van der Waals surface area contributed by atoms with E-state index in [1.807, 2.05) is 44.2 Å². The van der Waals surface area contributed by atoms with Gasteiger partial charge in [-0.1, -0.05) is 28.1 Å². The molecule has 8 heteroatoms. The van der Waals surface area contributed by atoms with Crippen molar-refractivity contribution >= 4 is 44.6 Å². The Morgan fingerprint density at radius 3 is 2.31 bits per heavy atom. The molecular formula is C18H16BrN5O2. The molecule has 0 unspecified atom stereocenters. The molecule has 0 radical (unpaired) electrons. The molecule has 0 spiro atoms. The summed E-state index contributed by atoms with van der Waals surface area (Å²) in [5, 5.41) is 17.7. The van der Waals surface area contributed by atoms with E-state index in [-0.39, 0.29) is 17.3 Å². The standard InChI is InChI=1S/C18H16BrN5O2/c1-11-4-3-5-15(12(11)2)23-18-16(24(25)26)17(20-10-21-18)22-14-8-6-13(19)7-9-14/h3-10H,1-2H3,(H2,20,21,22,23). The SMILES string of the molecule is Cc1cccc(Nc2ncnc(Nc3ccc(Br)cc3)c2[N+](=O)[O-])c1C. The van der Waals surface area contributed by atoms with Crippen molar-refractivity contribution in [1.82, 2.24) is 9.97 Å². The van der Waals surface area contributed by atoms with Crippen molar-refractivity contribution in [2.75, 3.05) is 10.6 Å². The fraction of sp³-hybridized carbons (Fsp3) is 0.111. The fourth-order valence-electron chi connectivity index (χ4n) is 2.42. The normalized spacial score (nSPS) is 10.4. The Balaban J connectivity index is 1.99. The molecule has 132 valence electrons. The van der Waals surface area contributed by atoms with E-state index >= 15 is 0 Å². The monoisotopic (exact) mass is 413 g/mol. The van der Waals surface area contributed by atoms with Crippen molar-refractivity contribution < 1.29 is 4.92 Å². The first-order valence-corrected chi connectivity index (χ1v) is 8.60. The summed E-state index contributed by atoms with van der Waals surface area (Å²) in [6.45, 7) is 3.93. The molecule has 1 aromatic heterocycles. The van der Waals surface area contributed by atoms with E-state index in [0.29, 0.717) is 5.69 Å². The summed E-state index contributed by atoms with van der Waals surface area (Å²) in [4.78, 5) is 19.3. The number of halogens is 1. The smallest absolute Gasteiger partial charge is 0.334 e. The molecule has 0 atom stereocenters. The van der Waals surface area contributed by atoms with Gasteiger partial charge in [0.1, 0.15) is 6.33 Å². The predicted molar refractivity (Wildman–Crippen MR) is 105 cm³/mol. The van der Waals surface area contributed by atoms with Crippen LogP contribution < -0.4 is 10.6 Å². The molecule has 3 aromatic rings. The van der Waals surface area contributed by atoms with E-state index < -0.39 is 4.92 Å². The van der Waals surface area contributed by atoms with Gasteiger partial charge in [0.15, 0.2) is 0 Å². The van der Waals surface area contributed by atoms with Crippen LogP contribution in [-0.2, 0) is 0 Å². The van der Waals surface area contributed by atoms with Gasteiger partial charge in [-0.2, -0.15) is 0 Å². The van der Waals surface area contributed by atoms with Gasteiger partial charge in [0, 0.05) is 15.8 Å². The molecule has 0 aliphatic carbocycles. The largest absolute Gasteiger partial charge is 0.353 e. The fourth-order valence-corrected chi connectivity index (χ4v) is 2.68. The number of nitrogens with zero attached hydrogens (tertiary/aromatic N) is 3. The summed E-state index contributed by atoms with van der Waals surface area (Å²) in [7, 11) is 0.